The minimum Gasteiger partial charge on any atom is -0.323 e. The van der Waals surface area contributed by atoms with Crippen molar-refractivity contribution in [3.8, 4) is 0 Å². The zero-order chi connectivity index (χ0) is 23.6. The van der Waals surface area contributed by atoms with E-state index >= 15 is 0 Å². The van der Waals surface area contributed by atoms with E-state index in [2.05, 4.69) is 29.9 Å². The van der Waals surface area contributed by atoms with Gasteiger partial charge in [0.1, 0.15) is 11.1 Å². The summed E-state index contributed by atoms with van der Waals surface area (Å²) in [6, 6.07) is 7.54. The van der Waals surface area contributed by atoms with Crippen LogP contribution >= 0.6 is 0 Å². The molecule has 2 aliphatic carbocycles. The smallest absolute Gasteiger partial charge is 0.323 e. The number of carbonyl (C=O) groups excluding carboxylic acids is 4. The molecular formula is C25H30N4O4. The number of benzene rings is 1. The number of aryl methyl sites for hydroxylation is 1. The Morgan fingerprint density at radius 1 is 0.788 bits per heavy atom. The number of nitrogens with one attached hydrogen (secondary N) is 2. The largest absolute Gasteiger partial charge is 0.325 e. The topological polar surface area (TPSA) is 98.8 Å². The molecule has 8 heteroatoms. The molecule has 1 aromatic rings. The monoisotopic (exact) mass is 450 g/mol. The molecule has 1 saturated carbocycles. The van der Waals surface area contributed by atoms with Crippen LogP contribution in [0.5, 0.6) is 0 Å². The van der Waals surface area contributed by atoms with Crippen LogP contribution in [0.4, 0.5) is 9.59 Å². The van der Waals surface area contributed by atoms with E-state index < -0.39 is 11.1 Å². The molecule has 2 saturated heterocycles. The van der Waals surface area contributed by atoms with Gasteiger partial charge in [-0.15, -0.1) is 13.2 Å². The van der Waals surface area contributed by atoms with Crippen molar-refractivity contribution < 1.29 is 19.2 Å². The highest BCUT2D eigenvalue weighted by Gasteiger charge is 2.52. The minimum absolute atomic E-state index is 0.0695. The molecule has 1 aromatic carbocycles. The van der Waals surface area contributed by atoms with Crippen molar-refractivity contribution in [2.75, 3.05) is 13.1 Å². The summed E-state index contributed by atoms with van der Waals surface area (Å²) in [4.78, 5) is 50.3. The standard InChI is InChI=1S/C15H16N2O2.C10H14N2O2/c1-2-9-17-13(18)15(16-14(17)19)8-7-11-5-3-4-6-12(11)10-15;1-2-7-12-8(13)10(11-9(12)14)5-3-4-6-10/h2-6H,1,7-10H2,(H,16,19);2H,1,3-7H2,(H,11,14). The molecule has 8 nitrogen and oxygen atoms in total. The highest BCUT2D eigenvalue weighted by atomic mass is 16.2. The first kappa shape index (κ1) is 22.8. The SMILES string of the molecule is C=CCN1C(=O)NC2(CCCC2)C1=O.C=CCN1C(=O)NC2(CCc3ccccc3C2)C1=O. The Labute approximate surface area is 193 Å². The molecule has 2 spiro atoms. The first-order valence-corrected chi connectivity index (χ1v) is 11.4. The first-order valence-electron chi connectivity index (χ1n) is 11.4. The summed E-state index contributed by atoms with van der Waals surface area (Å²) in [5.41, 5.74) is 1.12. The lowest BCUT2D eigenvalue weighted by molar-refractivity contribution is -0.131. The van der Waals surface area contributed by atoms with Gasteiger partial charge in [-0.05, 0) is 36.8 Å². The quantitative estimate of drug-likeness (QED) is 0.544. The Morgan fingerprint density at radius 3 is 1.88 bits per heavy atom. The van der Waals surface area contributed by atoms with Gasteiger partial charge >= 0.3 is 12.1 Å². The summed E-state index contributed by atoms with van der Waals surface area (Å²) in [5.74, 6) is -0.188. The van der Waals surface area contributed by atoms with Gasteiger partial charge < -0.3 is 10.6 Å². The number of imide groups is 2. The number of amides is 6. The molecule has 3 fully saturated rings. The normalized spacial score (nSPS) is 25.0. The molecule has 33 heavy (non-hydrogen) atoms. The van der Waals surface area contributed by atoms with E-state index in [1.807, 2.05) is 18.2 Å². The molecule has 5 rings (SSSR count). The number of fused-ring (bicyclic) bond motifs is 1. The van der Waals surface area contributed by atoms with Gasteiger partial charge in [-0.2, -0.15) is 0 Å². The van der Waals surface area contributed by atoms with Crippen LogP contribution in [-0.4, -0.2) is 57.8 Å². The highest BCUT2D eigenvalue weighted by Crippen LogP contribution is 2.35. The van der Waals surface area contributed by atoms with E-state index in [1.54, 1.807) is 12.2 Å². The Bertz CT molecular complexity index is 1010. The van der Waals surface area contributed by atoms with E-state index in [9.17, 15) is 19.2 Å². The average Bonchev–Trinajstić information content (AvgIpc) is 3.43. The van der Waals surface area contributed by atoms with Crippen LogP contribution in [0.25, 0.3) is 0 Å². The van der Waals surface area contributed by atoms with Crippen LogP contribution in [0, 0.1) is 0 Å². The summed E-state index contributed by atoms with van der Waals surface area (Å²) in [6.45, 7) is 7.71. The molecule has 1 unspecified atom stereocenters. The second-order valence-corrected chi connectivity index (χ2v) is 9.09. The minimum atomic E-state index is -0.742. The van der Waals surface area contributed by atoms with Crippen LogP contribution in [-0.2, 0) is 22.4 Å². The van der Waals surface area contributed by atoms with Gasteiger partial charge in [-0.3, -0.25) is 19.4 Å². The second-order valence-electron chi connectivity index (χ2n) is 9.09. The molecular weight excluding hydrogens is 420 g/mol. The zero-order valence-electron chi connectivity index (χ0n) is 18.8. The predicted molar refractivity (Wildman–Crippen MR) is 123 cm³/mol. The summed E-state index contributed by atoms with van der Waals surface area (Å²) < 4.78 is 0. The fourth-order valence-corrected chi connectivity index (χ4v) is 5.28. The van der Waals surface area contributed by atoms with Gasteiger partial charge in [0.15, 0.2) is 0 Å². The molecule has 2 N–H and O–H groups in total. The molecule has 2 aliphatic heterocycles. The molecule has 0 radical (unpaired) electrons. The number of hydrogen-bond donors (Lipinski definition) is 2. The fraction of sp³-hybridized carbons (Fsp3) is 0.440. The van der Waals surface area contributed by atoms with Crippen LogP contribution in [0.3, 0.4) is 0 Å². The Balaban J connectivity index is 0.000000165. The average molecular weight is 451 g/mol. The third-order valence-corrected chi connectivity index (χ3v) is 7.00. The summed E-state index contributed by atoms with van der Waals surface area (Å²) in [7, 11) is 0. The summed E-state index contributed by atoms with van der Waals surface area (Å²) >= 11 is 0. The van der Waals surface area contributed by atoms with Gasteiger partial charge in [-0.1, -0.05) is 49.3 Å². The van der Waals surface area contributed by atoms with E-state index in [1.165, 1.54) is 15.4 Å². The van der Waals surface area contributed by atoms with Gasteiger partial charge in [0.25, 0.3) is 11.8 Å². The summed E-state index contributed by atoms with van der Waals surface area (Å²) in [6.07, 6.45) is 8.84. The molecule has 2 heterocycles. The van der Waals surface area contributed by atoms with Crippen molar-refractivity contribution in [3.05, 3.63) is 60.7 Å². The number of carbonyl (C=O) groups is 4. The maximum Gasteiger partial charge on any atom is 0.325 e. The van der Waals surface area contributed by atoms with E-state index in [-0.39, 0.29) is 30.4 Å². The Hall–Kier alpha value is -3.42. The number of urea groups is 2. The van der Waals surface area contributed by atoms with Crippen molar-refractivity contribution in [3.63, 3.8) is 0 Å². The molecule has 6 amide bonds. The van der Waals surface area contributed by atoms with Gasteiger partial charge in [0, 0.05) is 19.5 Å². The number of rotatable bonds is 4. The van der Waals surface area contributed by atoms with Crippen LogP contribution in [0.15, 0.2) is 49.6 Å². The van der Waals surface area contributed by atoms with Gasteiger partial charge in [0.05, 0.1) is 0 Å². The van der Waals surface area contributed by atoms with E-state index in [0.717, 1.165) is 37.7 Å². The zero-order valence-corrected chi connectivity index (χ0v) is 18.8. The summed E-state index contributed by atoms with van der Waals surface area (Å²) in [5, 5.41) is 5.69. The van der Waals surface area contributed by atoms with E-state index in [4.69, 9.17) is 0 Å². The Kier molecular flexibility index (Phi) is 6.10. The van der Waals surface area contributed by atoms with Crippen LogP contribution in [0.1, 0.15) is 43.2 Å². The van der Waals surface area contributed by atoms with Crippen molar-refractivity contribution in [2.45, 2.75) is 56.0 Å². The molecule has 0 aromatic heterocycles. The van der Waals surface area contributed by atoms with Crippen molar-refractivity contribution in [1.29, 1.82) is 0 Å². The third kappa shape index (κ3) is 3.94. The Morgan fingerprint density at radius 2 is 1.30 bits per heavy atom. The molecule has 174 valence electrons. The van der Waals surface area contributed by atoms with Crippen molar-refractivity contribution in [1.82, 2.24) is 20.4 Å². The third-order valence-electron chi connectivity index (χ3n) is 7.00. The molecule has 1 atom stereocenters. The van der Waals surface area contributed by atoms with Gasteiger partial charge in [0.2, 0.25) is 0 Å². The van der Waals surface area contributed by atoms with Crippen molar-refractivity contribution in [2.24, 2.45) is 0 Å². The van der Waals surface area contributed by atoms with E-state index in [0.29, 0.717) is 19.4 Å². The fourth-order valence-electron chi connectivity index (χ4n) is 5.28. The maximum atomic E-state index is 12.5. The molecule has 0 bridgehead atoms. The molecule has 4 aliphatic rings. The highest BCUT2D eigenvalue weighted by molar-refractivity contribution is 6.08. The maximum absolute atomic E-state index is 12.5. The van der Waals surface area contributed by atoms with Crippen molar-refractivity contribution >= 4 is 23.9 Å². The predicted octanol–water partition coefficient (Wildman–Crippen LogP) is 2.69. The lowest BCUT2D eigenvalue weighted by atomic mass is 9.78. The number of nitrogens with zero attached hydrogens (tertiary/aromatic N) is 2. The lowest BCUT2D eigenvalue weighted by Gasteiger charge is -2.32. The van der Waals surface area contributed by atoms with Crippen LogP contribution < -0.4 is 10.6 Å². The number of hydrogen-bond acceptors (Lipinski definition) is 4. The lowest BCUT2D eigenvalue weighted by Crippen LogP contribution is -2.51. The first-order chi connectivity index (χ1) is 15.9. The second kappa shape index (κ2) is 8.84. The van der Waals surface area contributed by atoms with Crippen LogP contribution in [0.2, 0.25) is 0 Å². The van der Waals surface area contributed by atoms with Gasteiger partial charge in [-0.25, -0.2) is 9.59 Å².